The van der Waals surface area contributed by atoms with Gasteiger partial charge in [0.2, 0.25) is 0 Å². The minimum Gasteiger partial charge on any atom is -0.481 e. The van der Waals surface area contributed by atoms with Crippen LogP contribution in [0.1, 0.15) is 39.0 Å². The number of hydrogen-bond donors (Lipinski definition) is 2. The van der Waals surface area contributed by atoms with Crippen molar-refractivity contribution in [2.75, 3.05) is 6.54 Å². The number of aliphatic carboxylic acids is 1. The normalized spacial score (nSPS) is 23.0. The summed E-state index contributed by atoms with van der Waals surface area (Å²) in [6.45, 7) is 2.31. The van der Waals surface area contributed by atoms with Crippen LogP contribution in [-0.2, 0) is 4.79 Å². The third kappa shape index (κ3) is 2.71. The molecule has 1 fully saturated rings. The fourth-order valence-corrected chi connectivity index (χ4v) is 2.53. The molecule has 0 aromatic carbocycles. The van der Waals surface area contributed by atoms with Gasteiger partial charge in [0.25, 0.3) is 0 Å². The molecule has 0 radical (unpaired) electrons. The van der Waals surface area contributed by atoms with Crippen LogP contribution in [0, 0.1) is 17.8 Å². The van der Waals surface area contributed by atoms with Gasteiger partial charge in [0, 0.05) is 6.54 Å². The van der Waals surface area contributed by atoms with Crippen molar-refractivity contribution >= 4 is 5.97 Å². The third-order valence-corrected chi connectivity index (χ3v) is 3.60. The lowest BCUT2D eigenvalue weighted by Crippen LogP contribution is -2.34. The van der Waals surface area contributed by atoms with Crippen molar-refractivity contribution in [1.29, 1.82) is 0 Å². The molecule has 3 nitrogen and oxygen atoms in total. The summed E-state index contributed by atoms with van der Waals surface area (Å²) < 4.78 is 0. The number of rotatable bonds is 4. The van der Waals surface area contributed by atoms with Crippen LogP contribution >= 0.6 is 0 Å². The smallest absolute Gasteiger partial charge is 0.308 e. The van der Waals surface area contributed by atoms with Gasteiger partial charge < -0.3 is 10.8 Å². The highest BCUT2D eigenvalue weighted by molar-refractivity contribution is 5.70. The Labute approximate surface area is 85.7 Å². The first-order valence-corrected chi connectivity index (χ1v) is 5.59. The van der Waals surface area contributed by atoms with E-state index in [1.165, 1.54) is 32.1 Å². The molecule has 14 heavy (non-hydrogen) atoms. The molecule has 2 unspecified atom stereocenters. The lowest BCUT2D eigenvalue weighted by atomic mass is 9.75. The zero-order valence-electron chi connectivity index (χ0n) is 8.91. The van der Waals surface area contributed by atoms with Gasteiger partial charge in [-0.2, -0.15) is 0 Å². The molecule has 0 saturated heterocycles. The number of hydrogen-bond acceptors (Lipinski definition) is 2. The van der Waals surface area contributed by atoms with Gasteiger partial charge in [-0.3, -0.25) is 4.79 Å². The second-order valence-electron chi connectivity index (χ2n) is 4.44. The molecule has 0 bridgehead atoms. The largest absolute Gasteiger partial charge is 0.481 e. The molecule has 2 atom stereocenters. The molecule has 3 heteroatoms. The Hall–Kier alpha value is -0.570. The van der Waals surface area contributed by atoms with Crippen LogP contribution in [0.5, 0.6) is 0 Å². The van der Waals surface area contributed by atoms with E-state index < -0.39 is 5.97 Å². The van der Waals surface area contributed by atoms with Crippen molar-refractivity contribution in [3.05, 3.63) is 0 Å². The van der Waals surface area contributed by atoms with Crippen molar-refractivity contribution in [2.24, 2.45) is 23.5 Å². The molecule has 82 valence electrons. The molecule has 1 rings (SSSR count). The number of carboxylic acid groups (broad SMARTS) is 1. The minimum atomic E-state index is -0.731. The van der Waals surface area contributed by atoms with E-state index in [2.05, 4.69) is 0 Å². The number of carbonyl (C=O) groups is 1. The molecule has 1 aliphatic carbocycles. The Morgan fingerprint density at radius 1 is 1.43 bits per heavy atom. The van der Waals surface area contributed by atoms with E-state index in [4.69, 9.17) is 10.8 Å². The van der Waals surface area contributed by atoms with Crippen LogP contribution in [0.2, 0.25) is 0 Å². The monoisotopic (exact) mass is 199 g/mol. The van der Waals surface area contributed by atoms with Crippen molar-refractivity contribution in [3.63, 3.8) is 0 Å². The summed E-state index contributed by atoms with van der Waals surface area (Å²) in [4.78, 5) is 10.9. The molecule has 0 heterocycles. The molecule has 0 aliphatic heterocycles. The summed E-state index contributed by atoms with van der Waals surface area (Å²) >= 11 is 0. The third-order valence-electron chi connectivity index (χ3n) is 3.60. The average Bonchev–Trinajstić information content (AvgIpc) is 2.19. The Morgan fingerprint density at radius 2 is 2.00 bits per heavy atom. The summed E-state index contributed by atoms with van der Waals surface area (Å²) in [5.74, 6) is -0.269. The molecule has 1 aliphatic rings. The highest BCUT2D eigenvalue weighted by atomic mass is 16.4. The fraction of sp³-hybridized carbons (Fsp3) is 0.909. The van der Waals surface area contributed by atoms with Crippen molar-refractivity contribution in [3.8, 4) is 0 Å². The lowest BCUT2D eigenvalue weighted by molar-refractivity contribution is -0.144. The zero-order chi connectivity index (χ0) is 10.6. The molecular weight excluding hydrogens is 178 g/mol. The van der Waals surface area contributed by atoms with Crippen molar-refractivity contribution < 1.29 is 9.90 Å². The van der Waals surface area contributed by atoms with Gasteiger partial charge in [-0.25, -0.2) is 0 Å². The van der Waals surface area contributed by atoms with Crippen molar-refractivity contribution in [1.82, 2.24) is 0 Å². The zero-order valence-corrected chi connectivity index (χ0v) is 8.91. The maximum Gasteiger partial charge on any atom is 0.308 e. The first-order valence-electron chi connectivity index (χ1n) is 5.59. The predicted molar refractivity (Wildman–Crippen MR) is 55.9 cm³/mol. The van der Waals surface area contributed by atoms with Gasteiger partial charge in [0.1, 0.15) is 0 Å². The SMILES string of the molecule is CC(C1CCCCC1)C(CN)C(=O)O. The molecule has 0 amide bonds. The highest BCUT2D eigenvalue weighted by Crippen LogP contribution is 2.33. The Morgan fingerprint density at radius 3 is 2.43 bits per heavy atom. The van der Waals surface area contributed by atoms with Crippen LogP contribution in [0.4, 0.5) is 0 Å². The average molecular weight is 199 g/mol. The summed E-state index contributed by atoms with van der Waals surface area (Å²) in [6.07, 6.45) is 6.19. The maximum atomic E-state index is 10.9. The summed E-state index contributed by atoms with van der Waals surface area (Å²) in [7, 11) is 0. The maximum absolute atomic E-state index is 10.9. The van der Waals surface area contributed by atoms with Gasteiger partial charge in [0.15, 0.2) is 0 Å². The Balaban J connectivity index is 2.51. The molecule has 0 aromatic heterocycles. The van der Waals surface area contributed by atoms with Crippen LogP contribution in [0.3, 0.4) is 0 Å². The van der Waals surface area contributed by atoms with Gasteiger partial charge in [-0.15, -0.1) is 0 Å². The summed E-state index contributed by atoms with van der Waals surface area (Å²) in [5.41, 5.74) is 5.50. The van der Waals surface area contributed by atoms with E-state index in [0.717, 1.165) is 0 Å². The highest BCUT2D eigenvalue weighted by Gasteiger charge is 2.30. The van der Waals surface area contributed by atoms with E-state index >= 15 is 0 Å². The minimum absolute atomic E-state index is 0.234. The fourth-order valence-electron chi connectivity index (χ4n) is 2.53. The van der Waals surface area contributed by atoms with Gasteiger partial charge >= 0.3 is 5.97 Å². The first-order chi connectivity index (χ1) is 6.66. The number of nitrogens with two attached hydrogens (primary N) is 1. The first kappa shape index (κ1) is 11.5. The molecule has 3 N–H and O–H groups in total. The van der Waals surface area contributed by atoms with Crippen LogP contribution in [-0.4, -0.2) is 17.6 Å². The number of carboxylic acids is 1. The van der Waals surface area contributed by atoms with Crippen LogP contribution in [0.15, 0.2) is 0 Å². The van der Waals surface area contributed by atoms with Crippen LogP contribution in [0.25, 0.3) is 0 Å². The van der Waals surface area contributed by atoms with Gasteiger partial charge in [-0.05, 0) is 11.8 Å². The molecular formula is C11H21NO2. The van der Waals surface area contributed by atoms with Gasteiger partial charge in [-0.1, -0.05) is 39.0 Å². The summed E-state index contributed by atoms with van der Waals surface area (Å²) in [5, 5.41) is 8.99. The second-order valence-corrected chi connectivity index (χ2v) is 4.44. The summed E-state index contributed by atoms with van der Waals surface area (Å²) in [6, 6.07) is 0. The van der Waals surface area contributed by atoms with E-state index in [9.17, 15) is 4.79 Å². The lowest BCUT2D eigenvalue weighted by Gasteiger charge is -2.30. The second kappa shape index (κ2) is 5.35. The molecule has 0 aromatic rings. The Bertz CT molecular complexity index is 188. The predicted octanol–water partition coefficient (Wildman–Crippen LogP) is 1.86. The molecule has 0 spiro atoms. The molecule has 1 saturated carbocycles. The topological polar surface area (TPSA) is 63.3 Å². The Kier molecular flexibility index (Phi) is 4.39. The van der Waals surface area contributed by atoms with E-state index in [1.54, 1.807) is 0 Å². The van der Waals surface area contributed by atoms with E-state index in [0.29, 0.717) is 5.92 Å². The van der Waals surface area contributed by atoms with E-state index in [-0.39, 0.29) is 18.4 Å². The standard InChI is InChI=1S/C11H21NO2/c1-8(10(7-12)11(13)14)9-5-3-2-4-6-9/h8-10H,2-7,12H2,1H3,(H,13,14). The van der Waals surface area contributed by atoms with Crippen LogP contribution < -0.4 is 5.73 Å². The quantitative estimate of drug-likeness (QED) is 0.726. The van der Waals surface area contributed by atoms with Crippen molar-refractivity contribution in [2.45, 2.75) is 39.0 Å². The van der Waals surface area contributed by atoms with Gasteiger partial charge in [0.05, 0.1) is 5.92 Å². The van der Waals surface area contributed by atoms with E-state index in [1.807, 2.05) is 6.92 Å².